The van der Waals surface area contributed by atoms with E-state index in [1.54, 1.807) is 6.07 Å². The highest BCUT2D eigenvalue weighted by Gasteiger charge is 2.09. The molecule has 0 radical (unpaired) electrons. The number of fused-ring (bicyclic) bond motifs is 1. The number of H-pyrrole nitrogens is 1. The van der Waals surface area contributed by atoms with E-state index < -0.39 is 0 Å². The van der Waals surface area contributed by atoms with Crippen LogP contribution in [0.5, 0.6) is 5.75 Å². The van der Waals surface area contributed by atoms with Gasteiger partial charge in [-0.2, -0.15) is 5.26 Å². The van der Waals surface area contributed by atoms with Crippen LogP contribution in [-0.4, -0.2) is 16.6 Å². The first-order valence-electron chi connectivity index (χ1n) is 9.15. The number of nitriles is 1. The van der Waals surface area contributed by atoms with Gasteiger partial charge in [0, 0.05) is 35.5 Å². The van der Waals surface area contributed by atoms with Gasteiger partial charge in [0.05, 0.1) is 6.61 Å². The number of ether oxygens (including phenoxy) is 1. The number of aromatic amines is 1. The van der Waals surface area contributed by atoms with Crippen LogP contribution in [0.25, 0.3) is 10.9 Å². The quantitative estimate of drug-likeness (QED) is 0.480. The second-order valence-electron chi connectivity index (χ2n) is 6.71. The lowest BCUT2D eigenvalue weighted by Crippen LogP contribution is -2.07. The van der Waals surface area contributed by atoms with Gasteiger partial charge in [-0.15, -0.1) is 0 Å². The Morgan fingerprint density at radius 3 is 2.79 bits per heavy atom. The molecule has 4 aromatic rings. The van der Waals surface area contributed by atoms with Gasteiger partial charge in [-0.3, -0.25) is 0 Å². The largest absolute Gasteiger partial charge is 0.493 e. The molecule has 0 saturated heterocycles. The zero-order valence-electron chi connectivity index (χ0n) is 15.5. The second-order valence-corrected chi connectivity index (χ2v) is 6.71. The summed E-state index contributed by atoms with van der Waals surface area (Å²) in [5.74, 6) is 1.44. The number of benzene rings is 2. The molecule has 5 heteroatoms. The lowest BCUT2D eigenvalue weighted by atomic mass is 10.0. The number of aromatic nitrogens is 2. The highest BCUT2D eigenvalue weighted by Crippen LogP contribution is 2.25. The highest BCUT2D eigenvalue weighted by molar-refractivity contribution is 5.83. The van der Waals surface area contributed by atoms with Crippen molar-refractivity contribution >= 4 is 22.4 Å². The molecule has 0 unspecified atom stereocenters. The standard InChI is InChI=1S/C23H20N4O/c1-16(17-5-3-2-4-6-17)15-28-21-11-20(14-24)27-23(13-21)26-19-8-7-18-9-10-25-22(18)12-19/h2-13,16,25H,15H2,1H3,(H,26,27)/t16-/m1/s1. The smallest absolute Gasteiger partial charge is 0.146 e. The molecule has 138 valence electrons. The first kappa shape index (κ1) is 17.6. The van der Waals surface area contributed by atoms with Gasteiger partial charge in [-0.25, -0.2) is 4.98 Å². The molecule has 5 nitrogen and oxygen atoms in total. The molecule has 0 aliphatic carbocycles. The van der Waals surface area contributed by atoms with Gasteiger partial charge in [0.15, 0.2) is 0 Å². The van der Waals surface area contributed by atoms with E-state index in [1.165, 1.54) is 5.56 Å². The molecule has 0 aliphatic rings. The Kier molecular flexibility index (Phi) is 4.94. The van der Waals surface area contributed by atoms with E-state index in [2.05, 4.69) is 40.4 Å². The van der Waals surface area contributed by atoms with E-state index in [1.807, 2.05) is 54.7 Å². The number of pyridine rings is 1. The topological polar surface area (TPSA) is 73.7 Å². The Balaban J connectivity index is 1.51. The summed E-state index contributed by atoms with van der Waals surface area (Å²) >= 11 is 0. The third-order valence-corrected chi connectivity index (χ3v) is 4.61. The van der Waals surface area contributed by atoms with Gasteiger partial charge >= 0.3 is 0 Å². The maximum atomic E-state index is 9.32. The summed E-state index contributed by atoms with van der Waals surface area (Å²) in [5.41, 5.74) is 3.46. The van der Waals surface area contributed by atoms with Gasteiger partial charge in [0.25, 0.3) is 0 Å². The molecular weight excluding hydrogens is 348 g/mol. The molecule has 2 N–H and O–H groups in total. The fourth-order valence-electron chi connectivity index (χ4n) is 3.08. The minimum atomic E-state index is 0.242. The lowest BCUT2D eigenvalue weighted by molar-refractivity contribution is 0.295. The Labute approximate surface area is 163 Å². The van der Waals surface area contributed by atoms with Gasteiger partial charge in [0.1, 0.15) is 23.3 Å². The van der Waals surface area contributed by atoms with Gasteiger partial charge in [-0.05, 0) is 29.1 Å². The Bertz CT molecular complexity index is 1130. The summed E-state index contributed by atoms with van der Waals surface area (Å²) in [4.78, 5) is 7.53. The van der Waals surface area contributed by atoms with Gasteiger partial charge < -0.3 is 15.0 Å². The molecule has 0 spiro atoms. The van der Waals surface area contributed by atoms with Crippen LogP contribution < -0.4 is 10.1 Å². The normalized spacial score (nSPS) is 11.7. The van der Waals surface area contributed by atoms with Crippen LogP contribution in [0.3, 0.4) is 0 Å². The monoisotopic (exact) mass is 368 g/mol. The van der Waals surface area contributed by atoms with Crippen LogP contribution in [0.4, 0.5) is 11.5 Å². The van der Waals surface area contributed by atoms with Crippen molar-refractivity contribution in [2.45, 2.75) is 12.8 Å². The highest BCUT2D eigenvalue weighted by atomic mass is 16.5. The zero-order chi connectivity index (χ0) is 19.3. The van der Waals surface area contributed by atoms with E-state index in [0.29, 0.717) is 23.9 Å². The van der Waals surface area contributed by atoms with E-state index in [9.17, 15) is 5.26 Å². The molecule has 2 heterocycles. The fourth-order valence-corrected chi connectivity index (χ4v) is 3.08. The van der Waals surface area contributed by atoms with Crippen molar-refractivity contribution in [1.82, 2.24) is 9.97 Å². The van der Waals surface area contributed by atoms with Crippen LogP contribution >= 0.6 is 0 Å². The SMILES string of the molecule is C[C@H](COc1cc(C#N)nc(Nc2ccc3cc[nH]c3c2)c1)c1ccccc1. The first-order valence-corrected chi connectivity index (χ1v) is 9.15. The summed E-state index contributed by atoms with van der Waals surface area (Å²) in [6.07, 6.45) is 1.91. The summed E-state index contributed by atoms with van der Waals surface area (Å²) in [6, 6.07) is 23.8. The van der Waals surface area contributed by atoms with Crippen molar-refractivity contribution in [2.75, 3.05) is 11.9 Å². The first-order chi connectivity index (χ1) is 13.7. The Hall–Kier alpha value is -3.78. The predicted molar refractivity (Wildman–Crippen MR) is 111 cm³/mol. The average molecular weight is 368 g/mol. The van der Waals surface area contributed by atoms with E-state index in [0.717, 1.165) is 16.6 Å². The summed E-state index contributed by atoms with van der Waals surface area (Å²) < 4.78 is 5.96. The molecule has 2 aromatic carbocycles. The number of nitrogens with zero attached hydrogens (tertiary/aromatic N) is 2. The van der Waals surface area contributed by atoms with Crippen LogP contribution in [0.15, 0.2) is 72.9 Å². The molecule has 1 atom stereocenters. The zero-order valence-corrected chi connectivity index (χ0v) is 15.5. The summed E-state index contributed by atoms with van der Waals surface area (Å²) in [6.45, 7) is 2.64. The van der Waals surface area contributed by atoms with E-state index in [4.69, 9.17) is 4.74 Å². The van der Waals surface area contributed by atoms with Crippen LogP contribution in [-0.2, 0) is 0 Å². The van der Waals surface area contributed by atoms with Crippen molar-refractivity contribution in [2.24, 2.45) is 0 Å². The number of nitrogens with one attached hydrogen (secondary N) is 2. The molecule has 0 fully saturated rings. The Morgan fingerprint density at radius 1 is 1.11 bits per heavy atom. The second kappa shape index (κ2) is 7.85. The van der Waals surface area contributed by atoms with Crippen molar-refractivity contribution in [3.63, 3.8) is 0 Å². The van der Waals surface area contributed by atoms with Crippen LogP contribution in [0.1, 0.15) is 24.1 Å². The number of hydrogen-bond acceptors (Lipinski definition) is 4. The maximum Gasteiger partial charge on any atom is 0.146 e. The summed E-state index contributed by atoms with van der Waals surface area (Å²) in [7, 11) is 0. The number of anilines is 2. The molecule has 2 aromatic heterocycles. The number of rotatable bonds is 6. The number of hydrogen-bond donors (Lipinski definition) is 2. The minimum absolute atomic E-state index is 0.242. The molecule has 28 heavy (non-hydrogen) atoms. The average Bonchev–Trinajstić information content (AvgIpc) is 3.20. The van der Waals surface area contributed by atoms with Crippen molar-refractivity contribution in [3.8, 4) is 11.8 Å². The van der Waals surface area contributed by atoms with E-state index >= 15 is 0 Å². The molecule has 4 rings (SSSR count). The predicted octanol–water partition coefficient (Wildman–Crippen LogP) is 5.36. The van der Waals surface area contributed by atoms with Gasteiger partial charge in [-0.1, -0.05) is 43.3 Å². The third kappa shape index (κ3) is 3.97. The molecule has 0 amide bonds. The molecule has 0 saturated carbocycles. The van der Waals surface area contributed by atoms with Crippen LogP contribution in [0.2, 0.25) is 0 Å². The maximum absolute atomic E-state index is 9.32. The van der Waals surface area contributed by atoms with Crippen molar-refractivity contribution < 1.29 is 4.74 Å². The fraction of sp³-hybridized carbons (Fsp3) is 0.130. The Morgan fingerprint density at radius 2 is 1.96 bits per heavy atom. The minimum Gasteiger partial charge on any atom is -0.493 e. The molecular formula is C23H20N4O. The van der Waals surface area contributed by atoms with Crippen LogP contribution in [0, 0.1) is 11.3 Å². The lowest BCUT2D eigenvalue weighted by Gasteiger charge is -2.14. The van der Waals surface area contributed by atoms with Gasteiger partial charge in [0.2, 0.25) is 0 Å². The third-order valence-electron chi connectivity index (χ3n) is 4.61. The molecule has 0 bridgehead atoms. The van der Waals surface area contributed by atoms with E-state index in [-0.39, 0.29) is 5.92 Å². The van der Waals surface area contributed by atoms with Crippen molar-refractivity contribution in [1.29, 1.82) is 5.26 Å². The van der Waals surface area contributed by atoms with Crippen molar-refractivity contribution in [3.05, 3.63) is 84.2 Å². The molecule has 0 aliphatic heterocycles. The summed E-state index contributed by atoms with van der Waals surface area (Å²) in [5, 5.41) is 13.7.